The van der Waals surface area contributed by atoms with Crippen LogP contribution in [0, 0.1) is 0 Å². The summed E-state index contributed by atoms with van der Waals surface area (Å²) < 4.78 is 17.9. The molecule has 0 saturated heterocycles. The standard InChI is InChI=1S/C26H20N4O5/c1-33-22-12-16(10-11-21(22)34-15-24(27)31)14-28-30-25(23-13-17-6-2-5-9-20(17)35-23)29-19-8-4-3-7-18(19)26(30)32/h2-14H,15H2,1H3,(H2,27,31). The zero-order valence-electron chi connectivity index (χ0n) is 18.7. The van der Waals surface area contributed by atoms with E-state index in [2.05, 4.69) is 10.1 Å². The highest BCUT2D eigenvalue weighted by atomic mass is 16.5. The normalized spacial score (nSPS) is 11.3. The van der Waals surface area contributed by atoms with Gasteiger partial charge < -0.3 is 19.6 Å². The van der Waals surface area contributed by atoms with Crippen LogP contribution in [-0.4, -0.2) is 35.5 Å². The maximum absolute atomic E-state index is 13.4. The van der Waals surface area contributed by atoms with Crippen molar-refractivity contribution in [3.63, 3.8) is 0 Å². The van der Waals surface area contributed by atoms with E-state index in [0.29, 0.717) is 39.3 Å². The topological polar surface area (TPSA) is 122 Å². The van der Waals surface area contributed by atoms with Gasteiger partial charge in [0.05, 0.1) is 24.2 Å². The fraction of sp³-hybridized carbons (Fsp3) is 0.0769. The number of carbonyl (C=O) groups excluding carboxylic acids is 1. The summed E-state index contributed by atoms with van der Waals surface area (Å²) in [7, 11) is 1.48. The number of aromatic nitrogens is 2. The van der Waals surface area contributed by atoms with Crippen molar-refractivity contribution in [2.75, 3.05) is 13.7 Å². The number of methoxy groups -OCH3 is 1. The number of nitrogens with zero attached hydrogens (tertiary/aromatic N) is 3. The lowest BCUT2D eigenvalue weighted by Crippen LogP contribution is -2.20. The number of rotatable bonds is 7. The van der Waals surface area contributed by atoms with Crippen LogP contribution in [0.3, 0.4) is 0 Å². The fourth-order valence-electron chi connectivity index (χ4n) is 3.64. The molecule has 5 rings (SSSR count). The molecular weight excluding hydrogens is 448 g/mol. The van der Waals surface area contributed by atoms with Gasteiger partial charge in [-0.25, -0.2) is 4.98 Å². The predicted molar refractivity (Wildman–Crippen MR) is 132 cm³/mol. The number of nitrogens with two attached hydrogens (primary N) is 1. The molecule has 9 heteroatoms. The number of benzene rings is 3. The summed E-state index contributed by atoms with van der Waals surface area (Å²) in [6.45, 7) is -0.275. The number of hydrogen-bond donors (Lipinski definition) is 1. The van der Waals surface area contributed by atoms with Crippen LogP contribution in [0.5, 0.6) is 11.5 Å². The number of primary amides is 1. The number of fused-ring (bicyclic) bond motifs is 2. The number of para-hydroxylation sites is 2. The van der Waals surface area contributed by atoms with Gasteiger partial charge in [-0.1, -0.05) is 30.3 Å². The van der Waals surface area contributed by atoms with Gasteiger partial charge in [-0.05, 0) is 48.0 Å². The molecule has 0 spiro atoms. The summed E-state index contributed by atoms with van der Waals surface area (Å²) in [6.07, 6.45) is 1.50. The largest absolute Gasteiger partial charge is 0.493 e. The Kier molecular flexibility index (Phi) is 5.72. The van der Waals surface area contributed by atoms with E-state index in [1.807, 2.05) is 36.4 Å². The van der Waals surface area contributed by atoms with E-state index in [1.54, 1.807) is 36.4 Å². The van der Waals surface area contributed by atoms with Gasteiger partial charge in [0.1, 0.15) is 5.58 Å². The maximum Gasteiger partial charge on any atom is 0.282 e. The Morgan fingerprint density at radius 2 is 1.89 bits per heavy atom. The molecule has 9 nitrogen and oxygen atoms in total. The third-order valence-electron chi connectivity index (χ3n) is 5.28. The average Bonchev–Trinajstić information content (AvgIpc) is 3.31. The molecule has 35 heavy (non-hydrogen) atoms. The molecule has 0 aliphatic heterocycles. The van der Waals surface area contributed by atoms with Crippen molar-refractivity contribution >= 4 is 34.0 Å². The van der Waals surface area contributed by atoms with E-state index in [0.717, 1.165) is 5.39 Å². The van der Waals surface area contributed by atoms with Gasteiger partial charge >= 0.3 is 0 Å². The third-order valence-corrected chi connectivity index (χ3v) is 5.28. The second-order valence-corrected chi connectivity index (χ2v) is 7.63. The minimum absolute atomic E-state index is 0.273. The van der Waals surface area contributed by atoms with Crippen LogP contribution in [0.2, 0.25) is 0 Å². The van der Waals surface area contributed by atoms with E-state index in [-0.39, 0.29) is 18.0 Å². The molecule has 0 aliphatic carbocycles. The Morgan fingerprint density at radius 1 is 1.09 bits per heavy atom. The van der Waals surface area contributed by atoms with Crippen LogP contribution in [0.1, 0.15) is 5.56 Å². The zero-order valence-corrected chi connectivity index (χ0v) is 18.7. The van der Waals surface area contributed by atoms with Gasteiger partial charge in [0.25, 0.3) is 11.5 Å². The van der Waals surface area contributed by atoms with Crippen molar-refractivity contribution in [3.05, 3.63) is 88.7 Å². The first-order valence-electron chi connectivity index (χ1n) is 10.7. The van der Waals surface area contributed by atoms with Crippen LogP contribution in [0.4, 0.5) is 0 Å². The Hall–Kier alpha value is -4.92. The van der Waals surface area contributed by atoms with Gasteiger partial charge in [0, 0.05) is 5.39 Å². The second kappa shape index (κ2) is 9.14. The van der Waals surface area contributed by atoms with E-state index < -0.39 is 5.91 Å². The van der Waals surface area contributed by atoms with Gasteiger partial charge in [0.15, 0.2) is 23.9 Å². The molecule has 2 aromatic heterocycles. The summed E-state index contributed by atoms with van der Waals surface area (Å²) in [5.41, 5.74) is 6.65. The summed E-state index contributed by atoms with van der Waals surface area (Å²) in [6, 6.07) is 21.4. The fourth-order valence-corrected chi connectivity index (χ4v) is 3.64. The molecule has 1 amide bonds. The number of ether oxygens (including phenoxy) is 2. The van der Waals surface area contributed by atoms with E-state index in [9.17, 15) is 9.59 Å². The predicted octanol–water partition coefficient (Wildman–Crippen LogP) is 3.56. The summed E-state index contributed by atoms with van der Waals surface area (Å²) >= 11 is 0. The Bertz CT molecular complexity index is 1620. The van der Waals surface area contributed by atoms with Crippen LogP contribution >= 0.6 is 0 Å². The zero-order chi connectivity index (χ0) is 24.4. The third kappa shape index (κ3) is 4.34. The molecule has 0 atom stereocenters. The number of furan rings is 1. The SMILES string of the molecule is COc1cc(C=Nn2c(-c3cc4ccccc4o3)nc3ccccc3c2=O)ccc1OCC(N)=O. The average molecular weight is 468 g/mol. The smallest absolute Gasteiger partial charge is 0.282 e. The van der Waals surface area contributed by atoms with Crippen molar-refractivity contribution in [2.45, 2.75) is 0 Å². The Balaban J connectivity index is 1.60. The molecule has 2 N–H and O–H groups in total. The molecule has 0 fully saturated rings. The molecule has 174 valence electrons. The van der Waals surface area contributed by atoms with Crippen LogP contribution < -0.4 is 20.8 Å². The van der Waals surface area contributed by atoms with Gasteiger partial charge in [0.2, 0.25) is 5.82 Å². The molecule has 0 saturated carbocycles. The Labute approximate surface area is 199 Å². The molecule has 2 heterocycles. The molecule has 0 bridgehead atoms. The minimum Gasteiger partial charge on any atom is -0.493 e. The highest BCUT2D eigenvalue weighted by Gasteiger charge is 2.16. The quantitative estimate of drug-likeness (QED) is 0.365. The van der Waals surface area contributed by atoms with Gasteiger partial charge in [-0.2, -0.15) is 9.78 Å². The maximum atomic E-state index is 13.4. The van der Waals surface area contributed by atoms with Gasteiger partial charge in [-0.15, -0.1) is 0 Å². The van der Waals surface area contributed by atoms with Crippen LogP contribution in [0.25, 0.3) is 33.5 Å². The molecule has 3 aromatic carbocycles. The van der Waals surface area contributed by atoms with Crippen molar-refractivity contribution in [3.8, 4) is 23.1 Å². The van der Waals surface area contributed by atoms with E-state index in [1.165, 1.54) is 18.0 Å². The molecule has 5 aromatic rings. The Morgan fingerprint density at radius 3 is 2.69 bits per heavy atom. The van der Waals surface area contributed by atoms with Crippen molar-refractivity contribution in [2.24, 2.45) is 10.8 Å². The first-order valence-corrected chi connectivity index (χ1v) is 10.7. The van der Waals surface area contributed by atoms with Crippen molar-refractivity contribution in [1.29, 1.82) is 0 Å². The van der Waals surface area contributed by atoms with Gasteiger partial charge in [-0.3, -0.25) is 9.59 Å². The first-order chi connectivity index (χ1) is 17.0. The summed E-state index contributed by atoms with van der Waals surface area (Å²) in [4.78, 5) is 29.1. The molecule has 0 unspecified atom stereocenters. The first kappa shape index (κ1) is 21.9. The van der Waals surface area contributed by atoms with E-state index in [4.69, 9.17) is 19.6 Å². The van der Waals surface area contributed by atoms with Crippen LogP contribution in [0.15, 0.2) is 87.1 Å². The summed E-state index contributed by atoms with van der Waals surface area (Å²) in [5, 5.41) is 5.75. The summed E-state index contributed by atoms with van der Waals surface area (Å²) in [5.74, 6) is 0.833. The highest BCUT2D eigenvalue weighted by molar-refractivity contribution is 5.85. The lowest BCUT2D eigenvalue weighted by molar-refractivity contribution is -0.119. The van der Waals surface area contributed by atoms with E-state index >= 15 is 0 Å². The second-order valence-electron chi connectivity index (χ2n) is 7.63. The number of hydrogen-bond acceptors (Lipinski definition) is 7. The molecule has 0 aliphatic rings. The number of carbonyl (C=O) groups is 1. The lowest BCUT2D eigenvalue weighted by atomic mass is 10.2. The van der Waals surface area contributed by atoms with Crippen molar-refractivity contribution < 1.29 is 18.7 Å². The van der Waals surface area contributed by atoms with Crippen molar-refractivity contribution in [1.82, 2.24) is 9.66 Å². The van der Waals surface area contributed by atoms with Crippen LogP contribution in [-0.2, 0) is 4.79 Å². The monoisotopic (exact) mass is 468 g/mol. The molecular formula is C26H20N4O5. The molecule has 0 radical (unpaired) electrons. The minimum atomic E-state index is -0.598. The lowest BCUT2D eigenvalue weighted by Gasteiger charge is -2.10. The highest BCUT2D eigenvalue weighted by Crippen LogP contribution is 2.29. The number of amides is 1.